The van der Waals surface area contributed by atoms with E-state index < -0.39 is 17.7 Å². The molecule has 3 aromatic heterocycles. The SMILES string of the molecule is COc1nc(C=Cc2nc3n(n2)CCC3c2ccccc2C(F)(F)F)ccc1-n1cnc(C)c1. The van der Waals surface area contributed by atoms with E-state index in [1.807, 2.05) is 29.8 Å². The first-order valence-corrected chi connectivity index (χ1v) is 10.7. The number of fused-ring (bicyclic) bond motifs is 1. The minimum absolute atomic E-state index is 0.230. The van der Waals surface area contributed by atoms with Crippen LogP contribution in [0.3, 0.4) is 0 Å². The average Bonchev–Trinajstić information content (AvgIpc) is 3.52. The van der Waals surface area contributed by atoms with Gasteiger partial charge in [0.05, 0.1) is 30.4 Å². The molecule has 0 radical (unpaired) electrons. The number of halogens is 3. The highest BCUT2D eigenvalue weighted by atomic mass is 19.4. The van der Waals surface area contributed by atoms with Gasteiger partial charge in [-0.05, 0) is 49.3 Å². The van der Waals surface area contributed by atoms with Crippen LogP contribution in [-0.4, -0.2) is 36.4 Å². The summed E-state index contributed by atoms with van der Waals surface area (Å²) in [4.78, 5) is 13.3. The van der Waals surface area contributed by atoms with Gasteiger partial charge in [-0.2, -0.15) is 18.3 Å². The predicted molar refractivity (Wildman–Crippen MR) is 120 cm³/mol. The smallest absolute Gasteiger partial charge is 0.416 e. The number of rotatable bonds is 5. The zero-order valence-corrected chi connectivity index (χ0v) is 18.5. The third-order valence-corrected chi connectivity index (χ3v) is 5.75. The Morgan fingerprint density at radius 2 is 1.91 bits per heavy atom. The van der Waals surface area contributed by atoms with Crippen molar-refractivity contribution in [3.63, 3.8) is 0 Å². The van der Waals surface area contributed by atoms with Gasteiger partial charge in [-0.3, -0.25) is 0 Å². The molecule has 0 saturated carbocycles. The number of hydrogen-bond donors (Lipinski definition) is 0. The normalized spacial score (nSPS) is 15.7. The molecule has 0 spiro atoms. The van der Waals surface area contributed by atoms with Gasteiger partial charge in [0.25, 0.3) is 0 Å². The Labute approximate surface area is 193 Å². The fourth-order valence-electron chi connectivity index (χ4n) is 4.20. The van der Waals surface area contributed by atoms with Crippen molar-refractivity contribution < 1.29 is 17.9 Å². The van der Waals surface area contributed by atoms with Crippen LogP contribution in [0.15, 0.2) is 48.9 Å². The van der Waals surface area contributed by atoms with Crippen LogP contribution >= 0.6 is 0 Å². The Morgan fingerprint density at radius 1 is 1.09 bits per heavy atom. The lowest BCUT2D eigenvalue weighted by molar-refractivity contribution is -0.138. The zero-order valence-electron chi connectivity index (χ0n) is 18.5. The molecule has 0 bridgehead atoms. The highest BCUT2D eigenvalue weighted by Crippen LogP contribution is 2.40. The van der Waals surface area contributed by atoms with E-state index in [1.165, 1.54) is 12.1 Å². The molecule has 4 aromatic rings. The second-order valence-electron chi connectivity index (χ2n) is 8.00. The van der Waals surface area contributed by atoms with Crippen molar-refractivity contribution in [2.75, 3.05) is 7.11 Å². The maximum Gasteiger partial charge on any atom is 0.416 e. The molecule has 7 nitrogen and oxygen atoms in total. The van der Waals surface area contributed by atoms with E-state index in [4.69, 9.17) is 4.74 Å². The Hall–Kier alpha value is -3.95. The molecule has 174 valence electrons. The molecule has 10 heteroatoms. The summed E-state index contributed by atoms with van der Waals surface area (Å²) in [7, 11) is 1.55. The largest absolute Gasteiger partial charge is 0.479 e. The van der Waals surface area contributed by atoms with Crippen LogP contribution in [0.2, 0.25) is 0 Å². The molecule has 0 N–H and O–H groups in total. The van der Waals surface area contributed by atoms with Gasteiger partial charge < -0.3 is 9.30 Å². The summed E-state index contributed by atoms with van der Waals surface area (Å²) in [5, 5.41) is 4.45. The first kappa shape index (κ1) is 21.9. The van der Waals surface area contributed by atoms with Gasteiger partial charge in [-0.1, -0.05) is 18.2 Å². The minimum Gasteiger partial charge on any atom is -0.479 e. The average molecular weight is 466 g/mol. The van der Waals surface area contributed by atoms with Gasteiger partial charge in [0.1, 0.15) is 11.5 Å². The molecule has 0 aliphatic carbocycles. The number of hydrogen-bond acceptors (Lipinski definition) is 5. The topological polar surface area (TPSA) is 70.7 Å². The van der Waals surface area contributed by atoms with E-state index >= 15 is 0 Å². The highest BCUT2D eigenvalue weighted by molar-refractivity contribution is 5.65. The van der Waals surface area contributed by atoms with Crippen LogP contribution in [0.5, 0.6) is 5.88 Å². The molecule has 1 aliphatic rings. The van der Waals surface area contributed by atoms with Crippen molar-refractivity contribution in [3.8, 4) is 11.6 Å². The van der Waals surface area contributed by atoms with Crippen molar-refractivity contribution in [3.05, 3.63) is 83.1 Å². The molecular weight excluding hydrogens is 445 g/mol. The number of ether oxygens (including phenoxy) is 1. The number of aryl methyl sites for hydroxylation is 2. The second kappa shape index (κ2) is 8.44. The molecule has 1 aromatic carbocycles. The molecule has 0 amide bonds. The molecule has 34 heavy (non-hydrogen) atoms. The maximum absolute atomic E-state index is 13.5. The maximum atomic E-state index is 13.5. The lowest BCUT2D eigenvalue weighted by Crippen LogP contribution is -2.12. The summed E-state index contributed by atoms with van der Waals surface area (Å²) in [6.45, 7) is 2.41. The van der Waals surface area contributed by atoms with Crippen LogP contribution in [-0.2, 0) is 12.7 Å². The summed E-state index contributed by atoms with van der Waals surface area (Å²) < 4.78 is 49.5. The first-order valence-electron chi connectivity index (χ1n) is 10.7. The Morgan fingerprint density at radius 3 is 2.65 bits per heavy atom. The molecule has 1 atom stereocenters. The zero-order chi connectivity index (χ0) is 23.9. The number of nitrogens with zero attached hydrogens (tertiary/aromatic N) is 6. The number of methoxy groups -OCH3 is 1. The second-order valence-corrected chi connectivity index (χ2v) is 8.00. The van der Waals surface area contributed by atoms with Crippen LogP contribution in [0, 0.1) is 6.92 Å². The van der Waals surface area contributed by atoms with Gasteiger partial charge in [-0.25, -0.2) is 19.6 Å². The van der Waals surface area contributed by atoms with Crippen molar-refractivity contribution in [1.29, 1.82) is 0 Å². The highest BCUT2D eigenvalue weighted by Gasteiger charge is 2.38. The fourth-order valence-corrected chi connectivity index (χ4v) is 4.20. The third kappa shape index (κ3) is 4.07. The summed E-state index contributed by atoms with van der Waals surface area (Å²) in [6, 6.07) is 9.36. The summed E-state index contributed by atoms with van der Waals surface area (Å²) in [6.07, 6.45) is 3.11. The number of imidazole rings is 1. The fraction of sp³-hybridized carbons (Fsp3) is 0.250. The standard InChI is InChI=1S/C24H21F3N6O/c1-15-13-32(14-28-15)20-9-7-16(29-23(20)34-2)8-10-21-30-22-18(11-12-33(22)31-21)17-5-3-4-6-19(17)24(25,26)27/h3-10,13-14,18H,11-12H2,1-2H3. The number of benzene rings is 1. The van der Waals surface area contributed by atoms with Crippen molar-refractivity contribution in [2.24, 2.45) is 0 Å². The number of alkyl halides is 3. The van der Waals surface area contributed by atoms with Crippen molar-refractivity contribution in [1.82, 2.24) is 29.3 Å². The van der Waals surface area contributed by atoms with Crippen LogP contribution in [0.25, 0.3) is 17.8 Å². The Balaban J connectivity index is 1.41. The summed E-state index contributed by atoms with van der Waals surface area (Å²) in [5.74, 6) is 0.930. The van der Waals surface area contributed by atoms with Crippen LogP contribution in [0.4, 0.5) is 13.2 Å². The van der Waals surface area contributed by atoms with Gasteiger partial charge in [0, 0.05) is 18.7 Å². The minimum atomic E-state index is -4.42. The van der Waals surface area contributed by atoms with Crippen LogP contribution < -0.4 is 4.74 Å². The Bertz CT molecular complexity index is 1370. The molecule has 0 fully saturated rings. The van der Waals surface area contributed by atoms with Gasteiger partial charge >= 0.3 is 6.18 Å². The van der Waals surface area contributed by atoms with E-state index in [0.717, 1.165) is 17.4 Å². The monoisotopic (exact) mass is 466 g/mol. The molecular formula is C24H21F3N6O. The van der Waals surface area contributed by atoms with Gasteiger partial charge in [0.15, 0.2) is 5.82 Å². The number of aromatic nitrogens is 6. The predicted octanol–water partition coefficient (Wildman–Crippen LogP) is 4.90. The summed E-state index contributed by atoms with van der Waals surface area (Å²) >= 11 is 0. The van der Waals surface area contributed by atoms with E-state index in [9.17, 15) is 13.2 Å². The van der Waals surface area contributed by atoms with E-state index in [0.29, 0.717) is 36.2 Å². The molecule has 1 aliphatic heterocycles. The summed E-state index contributed by atoms with van der Waals surface area (Å²) in [5.41, 5.74) is 1.87. The molecule has 0 saturated heterocycles. The molecule has 1 unspecified atom stereocenters. The van der Waals surface area contributed by atoms with Crippen LogP contribution in [0.1, 0.15) is 46.5 Å². The number of pyridine rings is 1. The van der Waals surface area contributed by atoms with Crippen molar-refractivity contribution >= 4 is 12.2 Å². The first-order chi connectivity index (χ1) is 16.3. The van der Waals surface area contributed by atoms with E-state index in [2.05, 4.69) is 20.1 Å². The van der Waals surface area contributed by atoms with E-state index in [-0.39, 0.29) is 5.56 Å². The molecule has 4 heterocycles. The lowest BCUT2D eigenvalue weighted by Gasteiger charge is -2.16. The Kier molecular flexibility index (Phi) is 5.43. The van der Waals surface area contributed by atoms with E-state index in [1.54, 1.807) is 36.3 Å². The van der Waals surface area contributed by atoms with Gasteiger partial charge in [0.2, 0.25) is 5.88 Å². The van der Waals surface area contributed by atoms with Gasteiger partial charge in [-0.15, -0.1) is 0 Å². The quantitative estimate of drug-likeness (QED) is 0.418. The lowest BCUT2D eigenvalue weighted by atomic mass is 9.92. The van der Waals surface area contributed by atoms with Crippen molar-refractivity contribution in [2.45, 2.75) is 32.0 Å². The molecule has 5 rings (SSSR count). The third-order valence-electron chi connectivity index (χ3n) is 5.75.